The molecule has 0 atom stereocenters. The second-order valence-corrected chi connectivity index (χ2v) is 6.34. The molecule has 0 unspecified atom stereocenters. The highest BCUT2D eigenvalue weighted by molar-refractivity contribution is 5.89. The van der Waals surface area contributed by atoms with E-state index in [-0.39, 0.29) is 5.69 Å². The van der Waals surface area contributed by atoms with Crippen LogP contribution in [-0.4, -0.2) is 60.2 Å². The van der Waals surface area contributed by atoms with Gasteiger partial charge in [0.25, 0.3) is 0 Å². The van der Waals surface area contributed by atoms with E-state index in [1.165, 1.54) is 12.1 Å². The van der Waals surface area contributed by atoms with Crippen LogP contribution in [0.5, 0.6) is 0 Å². The lowest BCUT2D eigenvalue weighted by molar-refractivity contribution is -0.137. The Bertz CT molecular complexity index is 778. The van der Waals surface area contributed by atoms with Gasteiger partial charge >= 0.3 is 12.2 Å². The van der Waals surface area contributed by atoms with Crippen LogP contribution in [0, 0.1) is 0 Å². The molecule has 2 amide bonds. The number of rotatable bonds is 5. The highest BCUT2D eigenvalue weighted by Gasteiger charge is 2.30. The molecule has 0 saturated carbocycles. The number of carbonyl (C=O) groups excluding carboxylic acids is 1. The molecule has 10 heteroatoms. The van der Waals surface area contributed by atoms with Crippen molar-refractivity contribution < 1.29 is 18.0 Å². The minimum Gasteiger partial charge on any atom is -0.338 e. The number of nitrogens with zero attached hydrogens (tertiary/aromatic N) is 4. The highest BCUT2D eigenvalue weighted by atomic mass is 19.4. The third-order valence-electron chi connectivity index (χ3n) is 4.37. The fraction of sp³-hybridized carbons (Fsp3) is 0.389. The smallest absolute Gasteiger partial charge is 0.338 e. The summed E-state index contributed by atoms with van der Waals surface area (Å²) in [5, 5.41) is 5.10. The number of piperazine rings is 1. The Morgan fingerprint density at radius 3 is 2.46 bits per heavy atom. The zero-order valence-electron chi connectivity index (χ0n) is 15.1. The van der Waals surface area contributed by atoms with E-state index in [0.29, 0.717) is 19.0 Å². The number of carbonyl (C=O) groups is 1. The third-order valence-corrected chi connectivity index (χ3v) is 4.37. The third kappa shape index (κ3) is 5.56. The molecule has 0 spiro atoms. The molecular weight excluding hydrogens is 373 g/mol. The van der Waals surface area contributed by atoms with E-state index in [1.54, 1.807) is 18.5 Å². The molecule has 1 aliphatic heterocycles. The summed E-state index contributed by atoms with van der Waals surface area (Å²) in [7, 11) is 0. The zero-order valence-corrected chi connectivity index (χ0v) is 15.1. The first kappa shape index (κ1) is 19.9. The van der Waals surface area contributed by atoms with Gasteiger partial charge in [0.15, 0.2) is 0 Å². The van der Waals surface area contributed by atoms with Gasteiger partial charge in [-0.3, -0.25) is 4.90 Å². The molecule has 1 aromatic carbocycles. The average Bonchev–Trinajstić information content (AvgIpc) is 2.69. The number of urea groups is 1. The number of nitrogens with one attached hydrogen (secondary N) is 2. The number of hydrogen-bond acceptors (Lipinski definition) is 5. The van der Waals surface area contributed by atoms with Gasteiger partial charge < -0.3 is 15.5 Å². The first-order valence-electron chi connectivity index (χ1n) is 8.88. The second-order valence-electron chi connectivity index (χ2n) is 6.34. The van der Waals surface area contributed by atoms with Crippen LogP contribution in [0.1, 0.15) is 5.56 Å². The minimum absolute atomic E-state index is 0.101. The monoisotopic (exact) mass is 394 g/mol. The van der Waals surface area contributed by atoms with Crippen LogP contribution in [0.25, 0.3) is 0 Å². The number of amides is 2. The maximum atomic E-state index is 12.7. The topological polar surface area (TPSA) is 73.4 Å². The Kier molecular flexibility index (Phi) is 6.30. The molecule has 0 radical (unpaired) electrons. The van der Waals surface area contributed by atoms with Crippen molar-refractivity contribution in [3.8, 4) is 0 Å². The van der Waals surface area contributed by atoms with Crippen LogP contribution in [0.2, 0.25) is 0 Å². The van der Waals surface area contributed by atoms with Crippen LogP contribution in [0.15, 0.2) is 42.7 Å². The summed E-state index contributed by atoms with van der Waals surface area (Å²) in [6.45, 7) is 4.26. The van der Waals surface area contributed by atoms with Gasteiger partial charge in [-0.2, -0.15) is 13.2 Å². The predicted octanol–water partition coefficient (Wildman–Crippen LogP) is 2.44. The number of hydrogen-bond donors (Lipinski definition) is 2. The van der Waals surface area contributed by atoms with Crippen LogP contribution >= 0.6 is 0 Å². The summed E-state index contributed by atoms with van der Waals surface area (Å²) < 4.78 is 38.1. The Labute approximate surface area is 160 Å². The van der Waals surface area contributed by atoms with Crippen LogP contribution < -0.4 is 15.5 Å². The number of halogens is 3. The molecule has 3 rings (SSSR count). The van der Waals surface area contributed by atoms with Gasteiger partial charge in [0, 0.05) is 57.3 Å². The summed E-state index contributed by atoms with van der Waals surface area (Å²) in [4.78, 5) is 24.7. The van der Waals surface area contributed by atoms with Gasteiger partial charge in [-0.1, -0.05) is 6.07 Å². The first-order chi connectivity index (χ1) is 13.4. The Hall–Kier alpha value is -2.88. The largest absolute Gasteiger partial charge is 0.416 e. The minimum atomic E-state index is -4.44. The summed E-state index contributed by atoms with van der Waals surface area (Å²) >= 11 is 0. The van der Waals surface area contributed by atoms with Crippen molar-refractivity contribution in [3.05, 3.63) is 48.3 Å². The van der Waals surface area contributed by atoms with Crippen LogP contribution in [0.4, 0.5) is 29.6 Å². The number of anilines is 2. The summed E-state index contributed by atoms with van der Waals surface area (Å²) in [6.07, 6.45) is -1.02. The number of alkyl halides is 3. The normalized spacial score (nSPS) is 15.3. The van der Waals surface area contributed by atoms with Crippen LogP contribution in [0.3, 0.4) is 0 Å². The molecule has 1 fully saturated rings. The van der Waals surface area contributed by atoms with E-state index >= 15 is 0 Å². The van der Waals surface area contributed by atoms with Gasteiger partial charge in [0.05, 0.1) is 5.56 Å². The van der Waals surface area contributed by atoms with Crippen molar-refractivity contribution >= 4 is 17.7 Å². The first-order valence-corrected chi connectivity index (χ1v) is 8.88. The fourth-order valence-corrected chi connectivity index (χ4v) is 2.90. The SMILES string of the molecule is O=C(NCCN1CCN(c2ncccn2)CC1)Nc1cccc(C(F)(F)F)c1. The quantitative estimate of drug-likeness (QED) is 0.815. The standard InChI is InChI=1S/C18H21F3N6O/c19-18(20,21)14-3-1-4-15(13-14)25-17(28)24-7-8-26-9-11-27(12-10-26)16-22-5-2-6-23-16/h1-6,13H,7-12H2,(H2,24,25,28). The molecule has 150 valence electrons. The van der Waals surface area contributed by atoms with E-state index in [2.05, 4.69) is 30.4 Å². The van der Waals surface area contributed by atoms with Gasteiger partial charge in [-0.25, -0.2) is 14.8 Å². The van der Waals surface area contributed by atoms with E-state index in [4.69, 9.17) is 0 Å². The predicted molar refractivity (Wildman–Crippen MR) is 99.2 cm³/mol. The summed E-state index contributed by atoms with van der Waals surface area (Å²) in [5.41, 5.74) is -0.700. The molecule has 1 aromatic heterocycles. The van der Waals surface area contributed by atoms with Gasteiger partial charge in [0.1, 0.15) is 0 Å². The van der Waals surface area contributed by atoms with Crippen molar-refractivity contribution in [2.24, 2.45) is 0 Å². The molecule has 2 heterocycles. The van der Waals surface area contributed by atoms with Gasteiger partial charge in [-0.05, 0) is 24.3 Å². The molecule has 1 saturated heterocycles. The van der Waals surface area contributed by atoms with E-state index in [1.807, 2.05) is 0 Å². The molecule has 0 aliphatic carbocycles. The van der Waals surface area contributed by atoms with E-state index in [0.717, 1.165) is 38.3 Å². The van der Waals surface area contributed by atoms with Crippen molar-refractivity contribution in [3.63, 3.8) is 0 Å². The average molecular weight is 394 g/mol. The summed E-state index contributed by atoms with van der Waals surface area (Å²) in [6, 6.07) is 5.79. The second kappa shape index (κ2) is 8.87. The molecule has 2 N–H and O–H groups in total. The van der Waals surface area contributed by atoms with E-state index in [9.17, 15) is 18.0 Å². The van der Waals surface area contributed by atoms with Crippen molar-refractivity contribution in [2.45, 2.75) is 6.18 Å². The molecule has 28 heavy (non-hydrogen) atoms. The highest BCUT2D eigenvalue weighted by Crippen LogP contribution is 2.30. The molecule has 1 aliphatic rings. The maximum Gasteiger partial charge on any atom is 0.416 e. The molecule has 7 nitrogen and oxygen atoms in total. The van der Waals surface area contributed by atoms with E-state index < -0.39 is 17.8 Å². The fourth-order valence-electron chi connectivity index (χ4n) is 2.90. The Morgan fingerprint density at radius 2 is 1.79 bits per heavy atom. The van der Waals surface area contributed by atoms with Gasteiger partial charge in [0.2, 0.25) is 5.95 Å². The van der Waals surface area contributed by atoms with Crippen molar-refractivity contribution in [2.75, 3.05) is 49.5 Å². The summed E-state index contributed by atoms with van der Waals surface area (Å²) in [5.74, 6) is 0.709. The number of benzene rings is 1. The van der Waals surface area contributed by atoms with Crippen LogP contribution in [-0.2, 0) is 6.18 Å². The molecule has 0 bridgehead atoms. The molecule has 2 aromatic rings. The van der Waals surface area contributed by atoms with Crippen molar-refractivity contribution in [1.82, 2.24) is 20.2 Å². The zero-order chi connectivity index (χ0) is 20.0. The van der Waals surface area contributed by atoms with Crippen molar-refractivity contribution in [1.29, 1.82) is 0 Å². The molecular formula is C18H21F3N6O. The maximum absolute atomic E-state index is 12.7. The lowest BCUT2D eigenvalue weighted by Gasteiger charge is -2.34. The van der Waals surface area contributed by atoms with Gasteiger partial charge in [-0.15, -0.1) is 0 Å². The lowest BCUT2D eigenvalue weighted by Crippen LogP contribution is -2.49. The Balaban J connectivity index is 1.38. The Morgan fingerprint density at radius 1 is 1.07 bits per heavy atom. The lowest BCUT2D eigenvalue weighted by atomic mass is 10.2. The number of aromatic nitrogens is 2.